The lowest BCUT2D eigenvalue weighted by Crippen LogP contribution is -2.36. The summed E-state index contributed by atoms with van der Waals surface area (Å²) in [6.45, 7) is 4.21. The van der Waals surface area contributed by atoms with Gasteiger partial charge in [0.1, 0.15) is 0 Å². The van der Waals surface area contributed by atoms with E-state index in [2.05, 4.69) is 29.2 Å². The van der Waals surface area contributed by atoms with Crippen LogP contribution >= 0.6 is 21.6 Å². The van der Waals surface area contributed by atoms with Crippen molar-refractivity contribution in [2.24, 2.45) is 0 Å². The first-order chi connectivity index (χ1) is 12.7. The Hall–Kier alpha value is -0.850. The zero-order chi connectivity index (χ0) is 18.2. The molecule has 1 atom stereocenters. The number of benzene rings is 1. The van der Waals surface area contributed by atoms with Crippen molar-refractivity contribution in [1.82, 2.24) is 4.90 Å². The number of amides is 1. The van der Waals surface area contributed by atoms with E-state index in [-0.39, 0.29) is 5.91 Å². The topological polar surface area (TPSA) is 32.8 Å². The molecule has 0 aliphatic carbocycles. The Morgan fingerprint density at radius 3 is 2.69 bits per heavy atom. The van der Waals surface area contributed by atoms with Crippen LogP contribution < -0.4 is 4.90 Å². The molecule has 1 aromatic rings. The fourth-order valence-corrected chi connectivity index (χ4v) is 6.43. The van der Waals surface area contributed by atoms with Gasteiger partial charge in [-0.15, -0.1) is 0 Å². The quantitative estimate of drug-likeness (QED) is 0.487. The maximum Gasteiger partial charge on any atom is 0.222 e. The number of rotatable bonds is 8. The summed E-state index contributed by atoms with van der Waals surface area (Å²) in [5.41, 5.74) is 2.44. The number of anilines is 1. The second-order valence-corrected chi connectivity index (χ2v) is 9.88. The van der Waals surface area contributed by atoms with Gasteiger partial charge in [0.25, 0.3) is 0 Å². The number of unbranched alkanes of at least 4 members (excludes halogenated alkanes) is 1. The molecular weight excluding hydrogens is 364 g/mol. The van der Waals surface area contributed by atoms with E-state index in [1.165, 1.54) is 36.3 Å². The Labute approximate surface area is 165 Å². The molecule has 0 bridgehead atoms. The largest absolute Gasteiger partial charge is 0.378 e. The lowest BCUT2D eigenvalue weighted by molar-refractivity contribution is -0.130. The van der Waals surface area contributed by atoms with Crippen molar-refractivity contribution < 1.29 is 9.53 Å². The molecule has 1 unspecified atom stereocenters. The Morgan fingerprint density at radius 1 is 1.23 bits per heavy atom. The van der Waals surface area contributed by atoms with Crippen molar-refractivity contribution in [1.29, 1.82) is 0 Å². The molecule has 1 amide bonds. The zero-order valence-electron chi connectivity index (χ0n) is 15.7. The molecule has 6 heteroatoms. The van der Waals surface area contributed by atoms with Crippen molar-refractivity contribution in [3.63, 3.8) is 0 Å². The van der Waals surface area contributed by atoms with E-state index in [4.69, 9.17) is 4.74 Å². The highest BCUT2D eigenvalue weighted by molar-refractivity contribution is 8.77. The first-order valence-corrected chi connectivity index (χ1v) is 12.0. The van der Waals surface area contributed by atoms with Gasteiger partial charge in [0.15, 0.2) is 0 Å². The molecule has 2 saturated heterocycles. The van der Waals surface area contributed by atoms with Crippen LogP contribution in [0.1, 0.15) is 37.7 Å². The molecule has 2 aliphatic rings. The molecule has 26 heavy (non-hydrogen) atoms. The normalized spacial score (nSPS) is 20.3. The fraction of sp³-hybridized carbons (Fsp3) is 0.650. The van der Waals surface area contributed by atoms with Gasteiger partial charge >= 0.3 is 0 Å². The molecule has 0 N–H and O–H groups in total. The Balaban J connectivity index is 1.37. The third-order valence-electron chi connectivity index (χ3n) is 5.05. The van der Waals surface area contributed by atoms with Crippen LogP contribution in [0.2, 0.25) is 0 Å². The van der Waals surface area contributed by atoms with E-state index in [0.29, 0.717) is 13.0 Å². The number of nitrogens with zero attached hydrogens (tertiary/aromatic N) is 2. The molecule has 144 valence electrons. The molecule has 3 rings (SSSR count). The summed E-state index contributed by atoms with van der Waals surface area (Å²) in [7, 11) is 5.94. The number of ether oxygens (including phenoxy) is 1. The first kappa shape index (κ1) is 19.9. The number of carbonyl (C=O) groups excluding carboxylic acids is 1. The van der Waals surface area contributed by atoms with E-state index >= 15 is 0 Å². The summed E-state index contributed by atoms with van der Waals surface area (Å²) < 4.78 is 5.40. The minimum absolute atomic E-state index is 0.260. The second-order valence-electron chi connectivity index (χ2n) is 7.09. The summed E-state index contributed by atoms with van der Waals surface area (Å²) in [4.78, 5) is 16.6. The van der Waals surface area contributed by atoms with Crippen molar-refractivity contribution in [2.75, 3.05) is 44.0 Å². The van der Waals surface area contributed by atoms with Gasteiger partial charge in [-0.1, -0.05) is 40.1 Å². The van der Waals surface area contributed by atoms with Crippen LogP contribution in [0.4, 0.5) is 5.69 Å². The highest BCUT2D eigenvalue weighted by Gasteiger charge is 2.16. The predicted molar refractivity (Wildman–Crippen MR) is 113 cm³/mol. The summed E-state index contributed by atoms with van der Waals surface area (Å²) in [5.74, 6) is 1.55. The summed E-state index contributed by atoms with van der Waals surface area (Å²) >= 11 is 0. The summed E-state index contributed by atoms with van der Waals surface area (Å²) in [5, 5.41) is 0.817. The molecule has 1 aromatic carbocycles. The van der Waals surface area contributed by atoms with Gasteiger partial charge in [-0.2, -0.15) is 0 Å². The van der Waals surface area contributed by atoms with Gasteiger partial charge in [-0.25, -0.2) is 0 Å². The Morgan fingerprint density at radius 2 is 2.00 bits per heavy atom. The van der Waals surface area contributed by atoms with E-state index in [1.807, 2.05) is 33.5 Å². The van der Waals surface area contributed by atoms with E-state index in [0.717, 1.165) is 38.0 Å². The molecule has 0 aromatic heterocycles. The molecule has 0 radical (unpaired) electrons. The van der Waals surface area contributed by atoms with Crippen LogP contribution in [0.15, 0.2) is 24.3 Å². The van der Waals surface area contributed by atoms with Gasteiger partial charge < -0.3 is 14.5 Å². The summed E-state index contributed by atoms with van der Waals surface area (Å²) in [6.07, 6.45) is 5.46. The number of hydrogen-bond donors (Lipinski definition) is 0. The Kier molecular flexibility index (Phi) is 8.02. The van der Waals surface area contributed by atoms with Crippen molar-refractivity contribution in [3.05, 3.63) is 29.8 Å². The minimum atomic E-state index is 0.260. The van der Waals surface area contributed by atoms with Crippen molar-refractivity contribution in [3.8, 4) is 0 Å². The molecule has 0 spiro atoms. The SMILES string of the molecule is CN(Cc1ccc(N2CCOCC2)cc1)C(=O)CCCCC1CCSS1. The van der Waals surface area contributed by atoms with Crippen LogP contribution in [0, 0.1) is 0 Å². The van der Waals surface area contributed by atoms with E-state index in [1.54, 1.807) is 0 Å². The fourth-order valence-electron chi connectivity index (χ4n) is 3.40. The van der Waals surface area contributed by atoms with Crippen LogP contribution in [0.5, 0.6) is 0 Å². The van der Waals surface area contributed by atoms with Crippen LogP contribution in [0.25, 0.3) is 0 Å². The van der Waals surface area contributed by atoms with Crippen LogP contribution in [-0.4, -0.2) is 55.2 Å². The number of morpholine rings is 1. The molecule has 4 nitrogen and oxygen atoms in total. The van der Waals surface area contributed by atoms with Crippen molar-refractivity contribution >= 4 is 33.2 Å². The van der Waals surface area contributed by atoms with Gasteiger partial charge in [0.05, 0.1) is 13.2 Å². The molecule has 2 heterocycles. The second kappa shape index (κ2) is 10.5. The molecule has 2 aliphatic heterocycles. The van der Waals surface area contributed by atoms with Crippen LogP contribution in [-0.2, 0) is 16.1 Å². The minimum Gasteiger partial charge on any atom is -0.378 e. The standard InChI is InChI=1S/C20H30N2O2S2/c1-21(20(23)5-3-2-4-19-10-15-25-26-19)16-17-6-8-18(9-7-17)22-11-13-24-14-12-22/h6-9,19H,2-5,10-16H2,1H3. The molecule has 2 fully saturated rings. The number of hydrogen-bond acceptors (Lipinski definition) is 5. The average Bonchev–Trinajstić information content (AvgIpc) is 3.20. The average molecular weight is 395 g/mol. The molecular formula is C20H30N2O2S2. The van der Waals surface area contributed by atoms with Gasteiger partial charge in [0, 0.05) is 49.8 Å². The van der Waals surface area contributed by atoms with Gasteiger partial charge in [-0.3, -0.25) is 4.79 Å². The monoisotopic (exact) mass is 394 g/mol. The van der Waals surface area contributed by atoms with E-state index < -0.39 is 0 Å². The third kappa shape index (κ3) is 6.10. The van der Waals surface area contributed by atoms with Gasteiger partial charge in [0.2, 0.25) is 5.91 Å². The maximum absolute atomic E-state index is 12.4. The Bertz CT molecular complexity index is 555. The van der Waals surface area contributed by atoms with Gasteiger partial charge in [-0.05, 0) is 37.0 Å². The predicted octanol–water partition coefficient (Wildman–Crippen LogP) is 4.20. The highest BCUT2D eigenvalue weighted by atomic mass is 33.1. The summed E-state index contributed by atoms with van der Waals surface area (Å²) in [6, 6.07) is 8.61. The smallest absolute Gasteiger partial charge is 0.222 e. The first-order valence-electron chi connectivity index (χ1n) is 9.66. The lowest BCUT2D eigenvalue weighted by Gasteiger charge is -2.29. The van der Waals surface area contributed by atoms with Crippen molar-refractivity contribution in [2.45, 2.75) is 43.9 Å². The number of carbonyl (C=O) groups is 1. The lowest BCUT2D eigenvalue weighted by atomic mass is 10.1. The zero-order valence-corrected chi connectivity index (χ0v) is 17.3. The highest BCUT2D eigenvalue weighted by Crippen LogP contribution is 2.39. The van der Waals surface area contributed by atoms with Crippen LogP contribution in [0.3, 0.4) is 0 Å². The molecule has 0 saturated carbocycles. The maximum atomic E-state index is 12.4. The third-order valence-corrected chi connectivity index (χ3v) is 8.06. The van der Waals surface area contributed by atoms with E-state index in [9.17, 15) is 4.79 Å².